The molecule has 0 aliphatic heterocycles. The average Bonchev–Trinajstić information content (AvgIpc) is 2.78. The predicted molar refractivity (Wildman–Crippen MR) is 58.6 cm³/mol. The van der Waals surface area contributed by atoms with Crippen LogP contribution in [0.25, 0.3) is 0 Å². The van der Waals surface area contributed by atoms with Gasteiger partial charge in [0.1, 0.15) is 0 Å². The zero-order valence-corrected chi connectivity index (χ0v) is 10.4. The van der Waals surface area contributed by atoms with E-state index < -0.39 is 0 Å². The number of carbonyl (C=O) groups excluding carboxylic acids is 2. The summed E-state index contributed by atoms with van der Waals surface area (Å²) in [6.45, 7) is 5.66. The summed E-state index contributed by atoms with van der Waals surface area (Å²) in [4.78, 5) is 22.7. The van der Waals surface area contributed by atoms with Crippen molar-refractivity contribution in [2.45, 2.75) is 20.8 Å². The highest BCUT2D eigenvalue weighted by Crippen LogP contribution is 2.59. The topological polar surface area (TPSA) is 52.6 Å². The molecule has 16 heavy (non-hydrogen) atoms. The quantitative estimate of drug-likeness (QED) is 0.541. The second-order valence-corrected chi connectivity index (χ2v) is 4.69. The molecule has 90 valence electrons. The predicted octanol–water partition coefficient (Wildman–Crippen LogP) is 1.55. The van der Waals surface area contributed by atoms with Gasteiger partial charge in [0.05, 0.1) is 20.1 Å². The number of hydrogen-bond donors (Lipinski definition) is 0. The molecule has 4 heteroatoms. The molecular weight excluding hydrogens is 208 g/mol. The molecule has 2 unspecified atom stereocenters. The Labute approximate surface area is 95.6 Å². The van der Waals surface area contributed by atoms with Crippen LogP contribution in [-0.2, 0) is 19.1 Å². The van der Waals surface area contributed by atoms with E-state index in [4.69, 9.17) is 4.74 Å². The number of carbonyl (C=O) groups is 2. The van der Waals surface area contributed by atoms with Crippen molar-refractivity contribution in [3.8, 4) is 0 Å². The van der Waals surface area contributed by atoms with Gasteiger partial charge in [0.2, 0.25) is 0 Å². The van der Waals surface area contributed by atoms with Gasteiger partial charge >= 0.3 is 11.9 Å². The van der Waals surface area contributed by atoms with Gasteiger partial charge in [-0.3, -0.25) is 4.79 Å². The fourth-order valence-electron chi connectivity index (χ4n) is 2.06. The van der Waals surface area contributed by atoms with Gasteiger partial charge in [-0.1, -0.05) is 19.9 Å². The third kappa shape index (κ3) is 2.10. The molecule has 2 atom stereocenters. The lowest BCUT2D eigenvalue weighted by Gasteiger charge is -2.00. The van der Waals surface area contributed by atoms with Gasteiger partial charge in [-0.25, -0.2) is 4.79 Å². The van der Waals surface area contributed by atoms with Crippen molar-refractivity contribution < 1.29 is 19.1 Å². The van der Waals surface area contributed by atoms with Crippen LogP contribution >= 0.6 is 0 Å². The SMILES string of the molecule is COC(=O)/C(C)=C/C1C(C(=O)OC)C1(C)C. The van der Waals surface area contributed by atoms with Crippen LogP contribution in [0.4, 0.5) is 0 Å². The van der Waals surface area contributed by atoms with E-state index in [1.807, 2.05) is 13.8 Å². The lowest BCUT2D eigenvalue weighted by atomic mass is 10.1. The van der Waals surface area contributed by atoms with Gasteiger partial charge in [0.25, 0.3) is 0 Å². The third-order valence-electron chi connectivity index (χ3n) is 3.30. The van der Waals surface area contributed by atoms with E-state index in [-0.39, 0.29) is 29.2 Å². The minimum atomic E-state index is -0.355. The van der Waals surface area contributed by atoms with Crippen molar-refractivity contribution in [3.63, 3.8) is 0 Å². The van der Waals surface area contributed by atoms with E-state index in [0.29, 0.717) is 5.57 Å². The number of ether oxygens (including phenoxy) is 2. The summed E-state index contributed by atoms with van der Waals surface area (Å²) < 4.78 is 9.33. The minimum Gasteiger partial charge on any atom is -0.469 e. The smallest absolute Gasteiger partial charge is 0.333 e. The summed E-state index contributed by atoms with van der Waals surface area (Å²) in [6, 6.07) is 0. The van der Waals surface area contributed by atoms with E-state index in [0.717, 1.165) is 0 Å². The highest BCUT2D eigenvalue weighted by atomic mass is 16.5. The molecule has 0 N–H and O–H groups in total. The van der Waals surface area contributed by atoms with Crippen molar-refractivity contribution in [1.82, 2.24) is 0 Å². The van der Waals surface area contributed by atoms with E-state index in [9.17, 15) is 9.59 Å². The number of methoxy groups -OCH3 is 2. The van der Waals surface area contributed by atoms with Crippen LogP contribution < -0.4 is 0 Å². The Balaban J connectivity index is 2.78. The van der Waals surface area contributed by atoms with Crippen molar-refractivity contribution in [1.29, 1.82) is 0 Å². The first-order chi connectivity index (χ1) is 7.36. The molecule has 0 aromatic carbocycles. The normalized spacial score (nSPS) is 27.2. The summed E-state index contributed by atoms with van der Waals surface area (Å²) in [5.41, 5.74) is 0.398. The van der Waals surface area contributed by atoms with Crippen LogP contribution in [0.3, 0.4) is 0 Å². The Morgan fingerprint density at radius 3 is 2.19 bits per heavy atom. The molecule has 4 nitrogen and oxygen atoms in total. The minimum absolute atomic E-state index is 0.0547. The van der Waals surface area contributed by atoms with E-state index in [1.54, 1.807) is 13.0 Å². The Morgan fingerprint density at radius 2 is 1.75 bits per heavy atom. The van der Waals surface area contributed by atoms with Gasteiger partial charge in [-0.15, -0.1) is 0 Å². The van der Waals surface area contributed by atoms with Crippen molar-refractivity contribution >= 4 is 11.9 Å². The fourth-order valence-corrected chi connectivity index (χ4v) is 2.06. The molecule has 0 bridgehead atoms. The molecule has 1 saturated carbocycles. The molecule has 0 aromatic heterocycles. The Bertz CT molecular complexity index is 341. The summed E-state index contributed by atoms with van der Waals surface area (Å²) >= 11 is 0. The standard InChI is InChI=1S/C12H18O4/c1-7(10(13)15-4)6-8-9(11(14)16-5)12(8,2)3/h6,8-9H,1-5H3/b7-6+. The maximum atomic E-state index is 11.5. The van der Waals surface area contributed by atoms with Crippen LogP contribution in [0, 0.1) is 17.3 Å². The molecule has 0 radical (unpaired) electrons. The highest BCUT2D eigenvalue weighted by molar-refractivity contribution is 5.88. The van der Waals surface area contributed by atoms with Gasteiger partial charge in [-0.05, 0) is 18.3 Å². The zero-order valence-electron chi connectivity index (χ0n) is 10.4. The van der Waals surface area contributed by atoms with Gasteiger partial charge in [-0.2, -0.15) is 0 Å². The molecule has 1 aliphatic rings. The average molecular weight is 226 g/mol. The first kappa shape index (κ1) is 12.7. The molecule has 0 saturated heterocycles. The van der Waals surface area contributed by atoms with Crippen molar-refractivity contribution in [2.24, 2.45) is 17.3 Å². The van der Waals surface area contributed by atoms with Crippen LogP contribution in [0.2, 0.25) is 0 Å². The molecular formula is C12H18O4. The van der Waals surface area contributed by atoms with Crippen LogP contribution in [-0.4, -0.2) is 26.2 Å². The molecule has 0 spiro atoms. The van der Waals surface area contributed by atoms with Gasteiger partial charge in [0.15, 0.2) is 0 Å². The molecule has 1 fully saturated rings. The number of hydrogen-bond acceptors (Lipinski definition) is 4. The first-order valence-corrected chi connectivity index (χ1v) is 5.20. The first-order valence-electron chi connectivity index (χ1n) is 5.20. The molecule has 1 aliphatic carbocycles. The van der Waals surface area contributed by atoms with Crippen molar-refractivity contribution in [3.05, 3.63) is 11.6 Å². The maximum absolute atomic E-state index is 11.5. The Kier molecular flexibility index (Phi) is 3.41. The molecule has 1 rings (SSSR count). The molecule has 0 aromatic rings. The third-order valence-corrected chi connectivity index (χ3v) is 3.30. The Hall–Kier alpha value is -1.32. The monoisotopic (exact) mass is 226 g/mol. The number of allylic oxidation sites excluding steroid dienone is 1. The fraction of sp³-hybridized carbons (Fsp3) is 0.667. The summed E-state index contributed by atoms with van der Waals surface area (Å²) in [5, 5.41) is 0. The number of rotatable bonds is 3. The largest absolute Gasteiger partial charge is 0.469 e. The summed E-state index contributed by atoms with van der Waals surface area (Å²) in [7, 11) is 2.72. The summed E-state index contributed by atoms with van der Waals surface area (Å²) in [5.74, 6) is -0.675. The van der Waals surface area contributed by atoms with Crippen molar-refractivity contribution in [2.75, 3.05) is 14.2 Å². The van der Waals surface area contributed by atoms with Gasteiger partial charge < -0.3 is 9.47 Å². The number of esters is 2. The Morgan fingerprint density at radius 1 is 1.19 bits per heavy atom. The van der Waals surface area contributed by atoms with E-state index in [1.165, 1.54) is 14.2 Å². The van der Waals surface area contributed by atoms with Crippen LogP contribution in [0.5, 0.6) is 0 Å². The van der Waals surface area contributed by atoms with Crippen LogP contribution in [0.15, 0.2) is 11.6 Å². The second kappa shape index (κ2) is 4.28. The highest BCUT2D eigenvalue weighted by Gasteiger charge is 2.61. The molecule has 0 amide bonds. The summed E-state index contributed by atoms with van der Waals surface area (Å²) in [6.07, 6.45) is 1.80. The lowest BCUT2D eigenvalue weighted by Crippen LogP contribution is -2.07. The maximum Gasteiger partial charge on any atom is 0.333 e. The van der Waals surface area contributed by atoms with Crippen LogP contribution in [0.1, 0.15) is 20.8 Å². The van der Waals surface area contributed by atoms with Gasteiger partial charge in [0, 0.05) is 5.57 Å². The molecule has 0 heterocycles. The lowest BCUT2D eigenvalue weighted by molar-refractivity contribution is -0.143. The van der Waals surface area contributed by atoms with E-state index >= 15 is 0 Å². The zero-order chi connectivity index (χ0) is 12.5. The second-order valence-electron chi connectivity index (χ2n) is 4.69. The van der Waals surface area contributed by atoms with E-state index in [2.05, 4.69) is 4.74 Å².